The number of pyridine rings is 1. The third-order valence-electron chi connectivity index (χ3n) is 6.06. The largest absolute Gasteiger partial charge is 0.496 e. The average Bonchev–Trinajstić information content (AvgIpc) is 2.85. The maximum atomic E-state index is 13.4. The van der Waals surface area contributed by atoms with E-state index in [-0.39, 0.29) is 5.91 Å². The van der Waals surface area contributed by atoms with E-state index in [1.807, 2.05) is 42.6 Å². The molecule has 3 aromatic rings. The maximum absolute atomic E-state index is 13.4. The van der Waals surface area contributed by atoms with Crippen LogP contribution >= 0.6 is 0 Å². The van der Waals surface area contributed by atoms with Crippen molar-refractivity contribution in [1.29, 1.82) is 0 Å². The molecular formula is C27H31N3O3. The zero-order valence-electron chi connectivity index (χ0n) is 19.5. The van der Waals surface area contributed by atoms with Crippen molar-refractivity contribution < 1.29 is 14.3 Å². The van der Waals surface area contributed by atoms with Crippen LogP contribution in [0.5, 0.6) is 5.75 Å². The predicted molar refractivity (Wildman–Crippen MR) is 129 cm³/mol. The molecule has 0 spiro atoms. The number of nitrogens with zero attached hydrogens (tertiary/aromatic N) is 3. The van der Waals surface area contributed by atoms with Gasteiger partial charge in [-0.1, -0.05) is 48.5 Å². The number of para-hydroxylation sites is 1. The normalized spacial score (nSPS) is 18.6. The number of aromatic nitrogens is 1. The first-order chi connectivity index (χ1) is 16.0. The van der Waals surface area contributed by atoms with Gasteiger partial charge >= 0.3 is 0 Å². The molecule has 1 saturated heterocycles. The quantitative estimate of drug-likeness (QED) is 0.556. The van der Waals surface area contributed by atoms with Gasteiger partial charge in [0.1, 0.15) is 5.75 Å². The number of rotatable bonds is 7. The van der Waals surface area contributed by atoms with Crippen LogP contribution in [0.25, 0.3) is 11.1 Å². The van der Waals surface area contributed by atoms with Gasteiger partial charge in [0.2, 0.25) is 0 Å². The molecule has 0 unspecified atom stereocenters. The second kappa shape index (κ2) is 10.1. The van der Waals surface area contributed by atoms with Crippen LogP contribution in [0, 0.1) is 0 Å². The molecule has 1 aliphatic heterocycles. The molecule has 0 aliphatic carbocycles. The summed E-state index contributed by atoms with van der Waals surface area (Å²) in [5, 5.41) is 0. The van der Waals surface area contributed by atoms with E-state index in [9.17, 15) is 4.79 Å². The second-order valence-corrected chi connectivity index (χ2v) is 8.68. The Kier molecular flexibility index (Phi) is 7.06. The number of hydrogen-bond donors (Lipinski definition) is 0. The number of hydrogen-bond acceptors (Lipinski definition) is 5. The minimum absolute atomic E-state index is 0.0148. The summed E-state index contributed by atoms with van der Waals surface area (Å²) in [6.07, 6.45) is 4.12. The standard InChI is InChI=1S/C27H31N3O3/c1-29(2)26(31)27(17-21-8-6-10-22(16-21)23-11-7-13-28-18-23)20-30(14-15-33-27)19-24-9-4-5-12-25(24)32-3/h4-13,16,18H,14-15,17,19-20H2,1-3H3/t27-/m0/s1. The molecule has 4 rings (SSSR count). The number of methoxy groups -OCH3 is 1. The molecule has 0 saturated carbocycles. The van der Waals surface area contributed by atoms with E-state index in [0.717, 1.165) is 34.5 Å². The fraction of sp³-hybridized carbons (Fsp3) is 0.333. The van der Waals surface area contributed by atoms with E-state index < -0.39 is 5.60 Å². The van der Waals surface area contributed by atoms with Crippen LogP contribution in [0.3, 0.4) is 0 Å². The molecule has 6 nitrogen and oxygen atoms in total. The number of morpholine rings is 1. The molecule has 1 amide bonds. The number of ether oxygens (including phenoxy) is 2. The van der Waals surface area contributed by atoms with Gasteiger partial charge in [-0.25, -0.2) is 0 Å². The minimum Gasteiger partial charge on any atom is -0.496 e. The van der Waals surface area contributed by atoms with E-state index in [0.29, 0.717) is 26.1 Å². The van der Waals surface area contributed by atoms with Crippen LogP contribution in [-0.4, -0.2) is 67.2 Å². The predicted octanol–water partition coefficient (Wildman–Crippen LogP) is 3.66. The topological polar surface area (TPSA) is 54.9 Å². The number of likely N-dealkylation sites (N-methyl/N-ethyl adjacent to an activating group) is 1. The summed E-state index contributed by atoms with van der Waals surface area (Å²) in [6, 6.07) is 20.3. The zero-order valence-corrected chi connectivity index (χ0v) is 19.5. The van der Waals surface area contributed by atoms with Crippen LogP contribution in [0.1, 0.15) is 11.1 Å². The SMILES string of the molecule is COc1ccccc1CN1CCO[C@](Cc2cccc(-c3cccnc3)c2)(C(=O)N(C)C)C1. The van der Waals surface area contributed by atoms with Crippen LogP contribution in [-0.2, 0) is 22.5 Å². The highest BCUT2D eigenvalue weighted by Gasteiger charge is 2.44. The lowest BCUT2D eigenvalue weighted by molar-refractivity contribution is -0.169. The smallest absolute Gasteiger partial charge is 0.255 e. The van der Waals surface area contributed by atoms with Crippen molar-refractivity contribution in [3.63, 3.8) is 0 Å². The summed E-state index contributed by atoms with van der Waals surface area (Å²) in [5.41, 5.74) is 3.35. The Bertz CT molecular complexity index is 1090. The highest BCUT2D eigenvalue weighted by Crippen LogP contribution is 2.29. The zero-order chi connectivity index (χ0) is 23.3. The highest BCUT2D eigenvalue weighted by molar-refractivity contribution is 5.86. The monoisotopic (exact) mass is 445 g/mol. The molecule has 0 bridgehead atoms. The summed E-state index contributed by atoms with van der Waals surface area (Å²) in [4.78, 5) is 21.6. The van der Waals surface area contributed by atoms with Gasteiger partial charge in [-0.2, -0.15) is 0 Å². The molecular weight excluding hydrogens is 414 g/mol. The van der Waals surface area contributed by atoms with Crippen LogP contribution in [0.4, 0.5) is 0 Å². The van der Waals surface area contributed by atoms with E-state index in [1.165, 1.54) is 0 Å². The fourth-order valence-electron chi connectivity index (χ4n) is 4.51. The Morgan fingerprint density at radius 2 is 1.94 bits per heavy atom. The first kappa shape index (κ1) is 23.0. The van der Waals surface area contributed by atoms with Crippen molar-refractivity contribution in [3.05, 3.63) is 84.2 Å². The summed E-state index contributed by atoms with van der Waals surface area (Å²) >= 11 is 0. The summed E-state index contributed by atoms with van der Waals surface area (Å²) in [6.45, 7) is 2.47. The van der Waals surface area contributed by atoms with Crippen LogP contribution in [0.15, 0.2) is 73.1 Å². The molecule has 0 N–H and O–H groups in total. The van der Waals surface area contributed by atoms with Gasteiger partial charge in [0.15, 0.2) is 5.60 Å². The van der Waals surface area contributed by atoms with Crippen molar-refractivity contribution in [2.45, 2.75) is 18.6 Å². The molecule has 1 aromatic heterocycles. The van der Waals surface area contributed by atoms with E-state index in [1.54, 1.807) is 32.3 Å². The Labute approximate surface area is 195 Å². The van der Waals surface area contributed by atoms with Crippen molar-refractivity contribution in [1.82, 2.24) is 14.8 Å². The lowest BCUT2D eigenvalue weighted by atomic mass is 9.89. The Balaban J connectivity index is 1.61. The molecule has 2 aromatic carbocycles. The molecule has 1 aliphatic rings. The molecule has 172 valence electrons. The number of benzene rings is 2. The molecule has 2 heterocycles. The van der Waals surface area contributed by atoms with E-state index in [4.69, 9.17) is 9.47 Å². The Hall–Kier alpha value is -3.22. The van der Waals surface area contributed by atoms with E-state index in [2.05, 4.69) is 34.1 Å². The lowest BCUT2D eigenvalue weighted by Crippen LogP contribution is -2.60. The van der Waals surface area contributed by atoms with E-state index >= 15 is 0 Å². The lowest BCUT2D eigenvalue weighted by Gasteiger charge is -2.43. The number of carbonyl (C=O) groups excluding carboxylic acids is 1. The van der Waals surface area contributed by atoms with Gasteiger partial charge in [0.05, 0.1) is 13.7 Å². The third kappa shape index (κ3) is 5.24. The highest BCUT2D eigenvalue weighted by atomic mass is 16.5. The Morgan fingerprint density at radius 3 is 2.70 bits per heavy atom. The van der Waals surface area contributed by atoms with Gasteiger partial charge in [0, 0.05) is 58.1 Å². The fourth-order valence-corrected chi connectivity index (χ4v) is 4.51. The average molecular weight is 446 g/mol. The Morgan fingerprint density at radius 1 is 1.12 bits per heavy atom. The molecule has 1 fully saturated rings. The first-order valence-electron chi connectivity index (χ1n) is 11.2. The van der Waals surface area contributed by atoms with Gasteiger partial charge in [-0.3, -0.25) is 14.7 Å². The second-order valence-electron chi connectivity index (χ2n) is 8.68. The first-order valence-corrected chi connectivity index (χ1v) is 11.2. The van der Waals surface area contributed by atoms with Gasteiger partial charge in [-0.05, 0) is 28.8 Å². The van der Waals surface area contributed by atoms with Gasteiger partial charge < -0.3 is 14.4 Å². The molecule has 1 atom stereocenters. The van der Waals surface area contributed by atoms with Crippen molar-refractivity contribution in [2.24, 2.45) is 0 Å². The molecule has 33 heavy (non-hydrogen) atoms. The van der Waals surface area contributed by atoms with Crippen molar-refractivity contribution >= 4 is 5.91 Å². The number of carbonyl (C=O) groups is 1. The van der Waals surface area contributed by atoms with Crippen LogP contribution in [0.2, 0.25) is 0 Å². The maximum Gasteiger partial charge on any atom is 0.255 e. The molecule has 0 radical (unpaired) electrons. The third-order valence-corrected chi connectivity index (χ3v) is 6.06. The van der Waals surface area contributed by atoms with Crippen LogP contribution < -0.4 is 4.74 Å². The number of amides is 1. The molecule has 6 heteroatoms. The van der Waals surface area contributed by atoms with Crippen molar-refractivity contribution in [2.75, 3.05) is 40.9 Å². The van der Waals surface area contributed by atoms with Gasteiger partial charge in [0.25, 0.3) is 5.91 Å². The van der Waals surface area contributed by atoms with Gasteiger partial charge in [-0.15, -0.1) is 0 Å². The summed E-state index contributed by atoms with van der Waals surface area (Å²) < 4.78 is 11.8. The summed E-state index contributed by atoms with van der Waals surface area (Å²) in [5.74, 6) is 0.844. The van der Waals surface area contributed by atoms with Crippen molar-refractivity contribution in [3.8, 4) is 16.9 Å². The minimum atomic E-state index is -0.947. The summed E-state index contributed by atoms with van der Waals surface area (Å²) in [7, 11) is 5.27.